The van der Waals surface area contributed by atoms with Crippen molar-refractivity contribution < 1.29 is 17.6 Å². The molecule has 2 rings (SSSR count). The fraction of sp³-hybridized carbons (Fsp3) is 0.133. The molecule has 4 nitrogen and oxygen atoms in total. The zero-order chi connectivity index (χ0) is 15.5. The highest BCUT2D eigenvalue weighted by atomic mass is 32.2. The summed E-state index contributed by atoms with van der Waals surface area (Å²) < 4.78 is 39.7. The number of carbonyl (C=O) groups is 1. The van der Waals surface area contributed by atoms with E-state index in [0.29, 0.717) is 11.1 Å². The summed E-state index contributed by atoms with van der Waals surface area (Å²) in [6, 6.07) is 11.5. The van der Waals surface area contributed by atoms with Gasteiger partial charge in [0.25, 0.3) is 0 Å². The molecule has 0 aromatic heterocycles. The van der Waals surface area contributed by atoms with Gasteiger partial charge >= 0.3 is 0 Å². The first-order chi connectivity index (χ1) is 9.88. The quantitative estimate of drug-likeness (QED) is 0.863. The molecule has 0 aliphatic heterocycles. The van der Waals surface area contributed by atoms with E-state index in [0.717, 1.165) is 0 Å². The third-order valence-corrected chi connectivity index (χ3v) is 4.31. The second-order valence-electron chi connectivity index (χ2n) is 4.54. The lowest BCUT2D eigenvalue weighted by Crippen LogP contribution is -2.23. The van der Waals surface area contributed by atoms with Gasteiger partial charge in [-0.1, -0.05) is 24.3 Å². The molecule has 2 aromatic carbocycles. The van der Waals surface area contributed by atoms with E-state index in [4.69, 9.17) is 0 Å². The Balaban J connectivity index is 2.19. The minimum absolute atomic E-state index is 0.00611. The summed E-state index contributed by atoms with van der Waals surface area (Å²) >= 11 is 0. The highest BCUT2D eigenvalue weighted by Gasteiger charge is 2.15. The van der Waals surface area contributed by atoms with Gasteiger partial charge in [-0.2, -0.15) is 0 Å². The lowest BCUT2D eigenvalue weighted by Gasteiger charge is -2.08. The number of hydrogen-bond donors (Lipinski definition) is 1. The molecule has 0 unspecified atom stereocenters. The highest BCUT2D eigenvalue weighted by molar-refractivity contribution is 7.89. The molecular formula is C15H14FNO3S. The van der Waals surface area contributed by atoms with Crippen molar-refractivity contribution in [3.63, 3.8) is 0 Å². The Labute approximate surface area is 122 Å². The molecule has 0 spiro atoms. The number of Topliss-reactive ketones (excluding diaryl/α,β-unsaturated/α-hetero) is 1. The zero-order valence-corrected chi connectivity index (χ0v) is 12.2. The van der Waals surface area contributed by atoms with E-state index in [-0.39, 0.29) is 17.2 Å². The minimum atomic E-state index is -3.75. The fourth-order valence-electron chi connectivity index (χ4n) is 1.79. The van der Waals surface area contributed by atoms with Gasteiger partial charge in [0, 0.05) is 12.1 Å². The van der Waals surface area contributed by atoms with Crippen LogP contribution in [-0.2, 0) is 16.6 Å². The van der Waals surface area contributed by atoms with Gasteiger partial charge < -0.3 is 0 Å². The van der Waals surface area contributed by atoms with Gasteiger partial charge in [-0.3, -0.25) is 4.79 Å². The normalized spacial score (nSPS) is 11.3. The predicted octanol–water partition coefficient (Wildman–Crippen LogP) is 2.51. The van der Waals surface area contributed by atoms with Crippen LogP contribution in [0.3, 0.4) is 0 Å². The van der Waals surface area contributed by atoms with Crippen molar-refractivity contribution in [1.29, 1.82) is 0 Å². The van der Waals surface area contributed by atoms with Crippen LogP contribution in [0.5, 0.6) is 0 Å². The number of ketones is 1. The van der Waals surface area contributed by atoms with Gasteiger partial charge in [0.05, 0.1) is 4.90 Å². The van der Waals surface area contributed by atoms with E-state index >= 15 is 0 Å². The summed E-state index contributed by atoms with van der Waals surface area (Å²) in [6.45, 7) is 1.34. The van der Waals surface area contributed by atoms with Crippen LogP contribution in [0.25, 0.3) is 0 Å². The van der Waals surface area contributed by atoms with Crippen molar-refractivity contribution in [2.24, 2.45) is 0 Å². The lowest BCUT2D eigenvalue weighted by molar-refractivity contribution is 0.101. The highest BCUT2D eigenvalue weighted by Crippen LogP contribution is 2.13. The number of carbonyl (C=O) groups excluding carboxylic acids is 1. The van der Waals surface area contributed by atoms with Crippen molar-refractivity contribution >= 4 is 15.8 Å². The third kappa shape index (κ3) is 3.96. The van der Waals surface area contributed by atoms with Crippen LogP contribution in [0.2, 0.25) is 0 Å². The van der Waals surface area contributed by atoms with Gasteiger partial charge in [0.2, 0.25) is 10.0 Å². The Morgan fingerprint density at radius 2 is 1.86 bits per heavy atom. The molecular weight excluding hydrogens is 293 g/mol. The summed E-state index contributed by atoms with van der Waals surface area (Å²) in [5.74, 6) is -0.637. The molecule has 6 heteroatoms. The van der Waals surface area contributed by atoms with Crippen LogP contribution >= 0.6 is 0 Å². The standard InChI is InChI=1S/C15H14FNO3S/c1-11(18)13-5-3-7-15(9-13)21(19,20)17-10-12-4-2-6-14(16)8-12/h2-9,17H,10H2,1H3. The van der Waals surface area contributed by atoms with Crippen molar-refractivity contribution in [3.8, 4) is 0 Å². The van der Waals surface area contributed by atoms with E-state index in [1.54, 1.807) is 12.1 Å². The van der Waals surface area contributed by atoms with Crippen molar-refractivity contribution in [2.75, 3.05) is 0 Å². The van der Waals surface area contributed by atoms with Crippen LogP contribution in [0.15, 0.2) is 53.4 Å². The summed E-state index contributed by atoms with van der Waals surface area (Å²) in [6.07, 6.45) is 0. The van der Waals surface area contributed by atoms with Gasteiger partial charge in [0.1, 0.15) is 5.82 Å². The molecule has 0 aliphatic carbocycles. The SMILES string of the molecule is CC(=O)c1cccc(S(=O)(=O)NCc2cccc(F)c2)c1. The average molecular weight is 307 g/mol. The molecule has 1 N–H and O–H groups in total. The molecule has 0 heterocycles. The van der Waals surface area contributed by atoms with Crippen molar-refractivity contribution in [3.05, 3.63) is 65.5 Å². The molecule has 2 aromatic rings. The smallest absolute Gasteiger partial charge is 0.240 e. The third-order valence-electron chi connectivity index (χ3n) is 2.91. The monoisotopic (exact) mass is 307 g/mol. The second kappa shape index (κ2) is 6.15. The van der Waals surface area contributed by atoms with E-state index in [2.05, 4.69) is 4.72 Å². The molecule has 0 fully saturated rings. The lowest BCUT2D eigenvalue weighted by atomic mass is 10.2. The molecule has 0 radical (unpaired) electrons. The van der Waals surface area contributed by atoms with Gasteiger partial charge in [0.15, 0.2) is 5.78 Å². The largest absolute Gasteiger partial charge is 0.295 e. The number of nitrogens with one attached hydrogen (secondary N) is 1. The van der Waals surface area contributed by atoms with Crippen LogP contribution < -0.4 is 4.72 Å². The Hall–Kier alpha value is -2.05. The second-order valence-corrected chi connectivity index (χ2v) is 6.31. The number of benzene rings is 2. The molecule has 0 atom stereocenters. The first-order valence-corrected chi connectivity index (χ1v) is 7.72. The van der Waals surface area contributed by atoms with Crippen LogP contribution in [0, 0.1) is 5.82 Å². The Bertz CT molecular complexity index is 772. The molecule has 21 heavy (non-hydrogen) atoms. The Morgan fingerprint density at radius 3 is 2.52 bits per heavy atom. The Morgan fingerprint density at radius 1 is 1.14 bits per heavy atom. The maximum atomic E-state index is 13.0. The Kier molecular flexibility index (Phi) is 4.50. The maximum absolute atomic E-state index is 13.0. The molecule has 0 bridgehead atoms. The molecule has 110 valence electrons. The molecule has 0 saturated carbocycles. The van der Waals surface area contributed by atoms with Gasteiger partial charge in [-0.15, -0.1) is 0 Å². The first kappa shape index (κ1) is 15.3. The molecule has 0 saturated heterocycles. The summed E-state index contributed by atoms with van der Waals surface area (Å²) in [4.78, 5) is 11.3. The van der Waals surface area contributed by atoms with Gasteiger partial charge in [-0.05, 0) is 36.8 Å². The van der Waals surface area contributed by atoms with Crippen molar-refractivity contribution in [2.45, 2.75) is 18.4 Å². The topological polar surface area (TPSA) is 63.2 Å². The van der Waals surface area contributed by atoms with Crippen LogP contribution in [0.4, 0.5) is 4.39 Å². The molecule has 0 amide bonds. The summed E-state index contributed by atoms with van der Waals surface area (Å²) in [5.41, 5.74) is 0.838. The predicted molar refractivity (Wildman–Crippen MR) is 76.9 cm³/mol. The zero-order valence-electron chi connectivity index (χ0n) is 11.3. The van der Waals surface area contributed by atoms with E-state index in [1.807, 2.05) is 0 Å². The number of halogens is 1. The average Bonchev–Trinajstić information content (AvgIpc) is 2.45. The molecule has 0 aliphatic rings. The number of rotatable bonds is 5. The van der Waals surface area contributed by atoms with Gasteiger partial charge in [-0.25, -0.2) is 17.5 Å². The number of sulfonamides is 1. The minimum Gasteiger partial charge on any atom is -0.295 e. The fourth-order valence-corrected chi connectivity index (χ4v) is 2.85. The maximum Gasteiger partial charge on any atom is 0.240 e. The van der Waals surface area contributed by atoms with E-state index < -0.39 is 15.8 Å². The van der Waals surface area contributed by atoms with E-state index in [9.17, 15) is 17.6 Å². The number of hydrogen-bond acceptors (Lipinski definition) is 3. The first-order valence-electron chi connectivity index (χ1n) is 6.23. The van der Waals surface area contributed by atoms with Crippen molar-refractivity contribution in [1.82, 2.24) is 4.72 Å². The summed E-state index contributed by atoms with van der Waals surface area (Å²) in [5, 5.41) is 0. The van der Waals surface area contributed by atoms with Crippen LogP contribution in [0.1, 0.15) is 22.8 Å². The summed E-state index contributed by atoms with van der Waals surface area (Å²) in [7, 11) is -3.75. The van der Waals surface area contributed by atoms with E-state index in [1.165, 1.54) is 43.3 Å². The van der Waals surface area contributed by atoms with Crippen LogP contribution in [-0.4, -0.2) is 14.2 Å².